The van der Waals surface area contributed by atoms with Crippen LogP contribution in [0.15, 0.2) is 48.8 Å². The maximum absolute atomic E-state index is 12.5. The lowest BCUT2D eigenvalue weighted by Gasteiger charge is -2.13. The number of benzene rings is 1. The van der Waals surface area contributed by atoms with Gasteiger partial charge in [-0.25, -0.2) is 4.79 Å². The largest absolute Gasteiger partial charge is 0.497 e. The quantitative estimate of drug-likeness (QED) is 0.680. The predicted octanol–water partition coefficient (Wildman–Crippen LogP) is 1.97. The summed E-state index contributed by atoms with van der Waals surface area (Å²) in [5.74, 6) is 0.225. The number of carbonyl (C=O) groups is 3. The first-order chi connectivity index (χ1) is 13.6. The highest BCUT2D eigenvalue weighted by molar-refractivity contribution is 6.04. The molecule has 146 valence electrons. The number of rotatable bonds is 8. The van der Waals surface area contributed by atoms with Crippen LogP contribution in [0.2, 0.25) is 0 Å². The molecule has 8 heteroatoms. The van der Waals surface area contributed by atoms with Crippen molar-refractivity contribution < 1.29 is 19.1 Å². The number of amides is 4. The van der Waals surface area contributed by atoms with Gasteiger partial charge in [0, 0.05) is 19.2 Å². The van der Waals surface area contributed by atoms with Crippen LogP contribution in [-0.2, 0) is 16.0 Å². The van der Waals surface area contributed by atoms with E-state index in [0.29, 0.717) is 12.1 Å². The van der Waals surface area contributed by atoms with Gasteiger partial charge in [0.25, 0.3) is 5.91 Å². The zero-order chi connectivity index (χ0) is 19.9. The molecular weight excluding hydrogens is 360 g/mol. The van der Waals surface area contributed by atoms with Crippen molar-refractivity contribution in [1.29, 1.82) is 0 Å². The minimum Gasteiger partial charge on any atom is -0.497 e. The molecule has 1 saturated heterocycles. The second-order valence-corrected chi connectivity index (χ2v) is 6.42. The number of ether oxygens (including phenoxy) is 1. The first-order valence-electron chi connectivity index (χ1n) is 9.01. The lowest BCUT2D eigenvalue weighted by atomic mass is 10.1. The van der Waals surface area contributed by atoms with Crippen molar-refractivity contribution >= 4 is 23.5 Å². The molecule has 0 bridgehead atoms. The average molecular weight is 382 g/mol. The number of anilines is 1. The molecule has 2 heterocycles. The Balaban J connectivity index is 1.47. The molecule has 1 fully saturated rings. The Morgan fingerprint density at radius 1 is 1.25 bits per heavy atom. The molecule has 28 heavy (non-hydrogen) atoms. The topological polar surface area (TPSA) is 101 Å². The van der Waals surface area contributed by atoms with Crippen molar-refractivity contribution in [3.8, 4) is 5.75 Å². The van der Waals surface area contributed by atoms with E-state index in [1.54, 1.807) is 31.6 Å². The Morgan fingerprint density at radius 2 is 2.04 bits per heavy atom. The van der Waals surface area contributed by atoms with Gasteiger partial charge in [0.15, 0.2) is 0 Å². The summed E-state index contributed by atoms with van der Waals surface area (Å²) in [7, 11) is 1.60. The van der Waals surface area contributed by atoms with Gasteiger partial charge in [0.05, 0.1) is 19.0 Å². The molecular formula is C20H22N4O4. The highest BCUT2D eigenvalue weighted by Crippen LogP contribution is 2.15. The number of nitrogens with zero attached hydrogens (tertiary/aromatic N) is 2. The second kappa shape index (κ2) is 8.98. The summed E-state index contributed by atoms with van der Waals surface area (Å²) in [6.45, 7) is 0.287. The number of hydrogen-bond donors (Lipinski definition) is 2. The van der Waals surface area contributed by atoms with E-state index in [-0.39, 0.29) is 31.2 Å². The molecule has 0 aliphatic carbocycles. The maximum atomic E-state index is 12.5. The Morgan fingerprint density at radius 3 is 2.71 bits per heavy atom. The summed E-state index contributed by atoms with van der Waals surface area (Å²) in [5.41, 5.74) is 1.59. The van der Waals surface area contributed by atoms with E-state index in [4.69, 9.17) is 4.74 Å². The van der Waals surface area contributed by atoms with Crippen LogP contribution in [0.4, 0.5) is 10.5 Å². The molecule has 4 amide bonds. The van der Waals surface area contributed by atoms with Gasteiger partial charge < -0.3 is 15.4 Å². The predicted molar refractivity (Wildman–Crippen MR) is 103 cm³/mol. The van der Waals surface area contributed by atoms with Crippen LogP contribution in [0.25, 0.3) is 0 Å². The summed E-state index contributed by atoms with van der Waals surface area (Å²) in [4.78, 5) is 41.7. The van der Waals surface area contributed by atoms with E-state index in [1.165, 1.54) is 4.90 Å². The third-order valence-electron chi connectivity index (χ3n) is 4.50. The van der Waals surface area contributed by atoms with Gasteiger partial charge >= 0.3 is 6.03 Å². The monoisotopic (exact) mass is 382 g/mol. The van der Waals surface area contributed by atoms with Crippen molar-refractivity contribution in [2.75, 3.05) is 19.0 Å². The van der Waals surface area contributed by atoms with E-state index in [2.05, 4.69) is 15.6 Å². The van der Waals surface area contributed by atoms with Crippen molar-refractivity contribution in [3.05, 3.63) is 54.4 Å². The molecule has 3 rings (SSSR count). The highest BCUT2D eigenvalue weighted by Gasteiger charge is 2.37. The van der Waals surface area contributed by atoms with Gasteiger partial charge in [-0.15, -0.1) is 0 Å². The fourth-order valence-corrected chi connectivity index (χ4v) is 2.95. The van der Waals surface area contributed by atoms with E-state index in [0.717, 1.165) is 11.3 Å². The van der Waals surface area contributed by atoms with Crippen LogP contribution in [0, 0.1) is 0 Å². The van der Waals surface area contributed by atoms with Crippen LogP contribution in [0.5, 0.6) is 5.75 Å². The number of pyridine rings is 1. The number of carbonyl (C=O) groups excluding carboxylic acids is 3. The summed E-state index contributed by atoms with van der Waals surface area (Å²) in [6, 6.07) is 9.83. The van der Waals surface area contributed by atoms with Gasteiger partial charge in [0.2, 0.25) is 5.91 Å². The molecule has 0 saturated carbocycles. The van der Waals surface area contributed by atoms with E-state index < -0.39 is 12.1 Å². The molecule has 2 aromatic rings. The molecule has 1 aromatic carbocycles. The second-order valence-electron chi connectivity index (χ2n) is 6.42. The standard InChI is InChI=1S/C20H22N4O4/c1-28-16-6-4-14(5-7-16)10-12-24-19(26)17(23-20(24)27)8-9-18(25)22-15-3-2-11-21-13-15/h2-7,11,13,17H,8-10,12H2,1H3,(H,22,25)(H,23,27)/t17-/m0/s1. The molecule has 1 aliphatic rings. The molecule has 0 unspecified atom stereocenters. The van der Waals surface area contributed by atoms with E-state index in [9.17, 15) is 14.4 Å². The third-order valence-corrected chi connectivity index (χ3v) is 4.50. The third kappa shape index (κ3) is 4.85. The summed E-state index contributed by atoms with van der Waals surface area (Å²) in [6.07, 6.45) is 4.08. The van der Waals surface area contributed by atoms with Crippen molar-refractivity contribution in [3.63, 3.8) is 0 Å². The maximum Gasteiger partial charge on any atom is 0.324 e. The molecule has 1 aliphatic heterocycles. The smallest absolute Gasteiger partial charge is 0.324 e. The van der Waals surface area contributed by atoms with Crippen LogP contribution in [-0.4, -0.2) is 47.4 Å². The Labute approximate surface area is 162 Å². The fourth-order valence-electron chi connectivity index (χ4n) is 2.95. The summed E-state index contributed by atoms with van der Waals surface area (Å²) < 4.78 is 5.11. The van der Waals surface area contributed by atoms with Crippen LogP contribution < -0.4 is 15.4 Å². The first kappa shape index (κ1) is 19.3. The van der Waals surface area contributed by atoms with Crippen molar-refractivity contribution in [2.45, 2.75) is 25.3 Å². The van der Waals surface area contributed by atoms with Gasteiger partial charge in [-0.1, -0.05) is 12.1 Å². The minimum absolute atomic E-state index is 0.123. The highest BCUT2D eigenvalue weighted by atomic mass is 16.5. The SMILES string of the molecule is COc1ccc(CCN2C(=O)N[C@@H](CCC(=O)Nc3cccnc3)C2=O)cc1. The number of methoxy groups -OCH3 is 1. The molecule has 8 nitrogen and oxygen atoms in total. The van der Waals surface area contributed by atoms with Crippen molar-refractivity contribution in [1.82, 2.24) is 15.2 Å². The molecule has 1 aromatic heterocycles. The van der Waals surface area contributed by atoms with Crippen molar-refractivity contribution in [2.24, 2.45) is 0 Å². The average Bonchev–Trinajstić information content (AvgIpc) is 2.99. The van der Waals surface area contributed by atoms with E-state index in [1.807, 2.05) is 24.3 Å². The molecule has 2 N–H and O–H groups in total. The summed E-state index contributed by atoms with van der Waals surface area (Å²) in [5, 5.41) is 5.36. The van der Waals surface area contributed by atoms with Gasteiger partial charge in [-0.3, -0.25) is 19.5 Å². The fraction of sp³-hybridized carbons (Fsp3) is 0.300. The van der Waals surface area contributed by atoms with Gasteiger partial charge in [-0.2, -0.15) is 0 Å². The number of urea groups is 1. The number of imide groups is 1. The lowest BCUT2D eigenvalue weighted by Crippen LogP contribution is -2.33. The van der Waals surface area contributed by atoms with Crippen LogP contribution in [0.3, 0.4) is 0 Å². The lowest BCUT2D eigenvalue weighted by molar-refractivity contribution is -0.127. The van der Waals surface area contributed by atoms with Gasteiger partial charge in [-0.05, 0) is 42.7 Å². The van der Waals surface area contributed by atoms with E-state index >= 15 is 0 Å². The first-order valence-corrected chi connectivity index (χ1v) is 9.01. The van der Waals surface area contributed by atoms with Crippen LogP contribution >= 0.6 is 0 Å². The summed E-state index contributed by atoms with van der Waals surface area (Å²) >= 11 is 0. The zero-order valence-corrected chi connectivity index (χ0v) is 15.6. The molecule has 0 radical (unpaired) electrons. The number of nitrogens with one attached hydrogen (secondary N) is 2. The van der Waals surface area contributed by atoms with Gasteiger partial charge in [0.1, 0.15) is 11.8 Å². The molecule has 0 spiro atoms. The number of hydrogen-bond acceptors (Lipinski definition) is 5. The number of aromatic nitrogens is 1. The Hall–Kier alpha value is -3.42. The Bertz CT molecular complexity index is 839. The normalized spacial score (nSPS) is 16.0. The Kier molecular flexibility index (Phi) is 6.21. The minimum atomic E-state index is -0.678. The zero-order valence-electron chi connectivity index (χ0n) is 15.6. The van der Waals surface area contributed by atoms with Crippen LogP contribution in [0.1, 0.15) is 18.4 Å². The molecule has 1 atom stereocenters.